The zero-order valence-electron chi connectivity index (χ0n) is 12.2. The Kier molecular flexibility index (Phi) is 4.25. The lowest BCUT2D eigenvalue weighted by Crippen LogP contribution is -2.20. The maximum absolute atomic E-state index is 12.5. The summed E-state index contributed by atoms with van der Waals surface area (Å²) >= 11 is 1.84. The number of carbonyl (C=O) groups excluding carboxylic acids is 1. The molecule has 102 valence electrons. The number of unbranched alkanes of at least 4 members (excludes halogenated alkanes) is 1. The quantitative estimate of drug-likeness (QED) is 0.543. The minimum Gasteiger partial charge on any atom is -0.294 e. The van der Waals surface area contributed by atoms with Crippen molar-refractivity contribution < 1.29 is 4.79 Å². The van der Waals surface area contributed by atoms with Gasteiger partial charge in [-0.05, 0) is 47.7 Å². The third-order valence-electron chi connectivity index (χ3n) is 4.80. The van der Waals surface area contributed by atoms with E-state index in [1.165, 1.54) is 19.3 Å². The standard InChI is InChI=1S/C16H26OS/c1-5-6-7-18-10-12-8-13-14(15(12)17)11(2)9-16(13,3)4/h10-11,13-14H,5-9H2,1-4H3/b12-10+/t11-,13-,14-/m1/s1. The van der Waals surface area contributed by atoms with Crippen molar-refractivity contribution in [1.29, 1.82) is 0 Å². The van der Waals surface area contributed by atoms with Crippen LogP contribution in [-0.4, -0.2) is 11.5 Å². The van der Waals surface area contributed by atoms with Gasteiger partial charge in [-0.3, -0.25) is 4.79 Å². The molecule has 2 heteroatoms. The van der Waals surface area contributed by atoms with Gasteiger partial charge >= 0.3 is 0 Å². The zero-order chi connectivity index (χ0) is 13.3. The van der Waals surface area contributed by atoms with Crippen LogP contribution in [-0.2, 0) is 4.79 Å². The van der Waals surface area contributed by atoms with Crippen molar-refractivity contribution in [2.45, 2.75) is 53.4 Å². The van der Waals surface area contributed by atoms with Crippen LogP contribution < -0.4 is 0 Å². The van der Waals surface area contributed by atoms with E-state index in [1.54, 1.807) is 0 Å². The number of rotatable bonds is 4. The highest BCUT2D eigenvalue weighted by Gasteiger charge is 2.53. The lowest BCUT2D eigenvalue weighted by Gasteiger charge is -2.25. The summed E-state index contributed by atoms with van der Waals surface area (Å²) in [5, 5.41) is 2.17. The van der Waals surface area contributed by atoms with Crippen molar-refractivity contribution in [3.8, 4) is 0 Å². The van der Waals surface area contributed by atoms with Gasteiger partial charge < -0.3 is 0 Å². The normalized spacial score (nSPS) is 36.3. The molecule has 0 bridgehead atoms. The van der Waals surface area contributed by atoms with E-state index in [0.717, 1.165) is 17.7 Å². The number of hydrogen-bond donors (Lipinski definition) is 0. The minimum atomic E-state index is 0.318. The fourth-order valence-corrected chi connectivity index (χ4v) is 4.87. The second-order valence-electron chi connectivity index (χ2n) is 6.74. The van der Waals surface area contributed by atoms with Gasteiger partial charge in [0.25, 0.3) is 0 Å². The average Bonchev–Trinajstić information content (AvgIpc) is 2.73. The summed E-state index contributed by atoms with van der Waals surface area (Å²) in [5.74, 6) is 3.10. The molecule has 0 aromatic carbocycles. The van der Waals surface area contributed by atoms with E-state index in [1.807, 2.05) is 11.8 Å². The maximum Gasteiger partial charge on any atom is 0.163 e. The molecule has 0 heterocycles. The van der Waals surface area contributed by atoms with Crippen LogP contribution in [0.5, 0.6) is 0 Å². The number of ketones is 1. The first-order valence-electron chi connectivity index (χ1n) is 7.32. The van der Waals surface area contributed by atoms with Gasteiger partial charge in [0.15, 0.2) is 5.78 Å². The Bertz CT molecular complexity index is 356. The molecule has 2 rings (SSSR count). The van der Waals surface area contributed by atoms with E-state index in [-0.39, 0.29) is 0 Å². The van der Waals surface area contributed by atoms with Crippen molar-refractivity contribution in [1.82, 2.24) is 0 Å². The van der Waals surface area contributed by atoms with Crippen LogP contribution in [0.1, 0.15) is 53.4 Å². The van der Waals surface area contributed by atoms with Crippen molar-refractivity contribution >= 4 is 17.5 Å². The number of hydrogen-bond acceptors (Lipinski definition) is 2. The summed E-state index contributed by atoms with van der Waals surface area (Å²) in [7, 11) is 0. The highest BCUT2D eigenvalue weighted by Crippen LogP contribution is 2.57. The average molecular weight is 266 g/mol. The van der Waals surface area contributed by atoms with Crippen LogP contribution in [0.15, 0.2) is 11.0 Å². The minimum absolute atomic E-state index is 0.318. The SMILES string of the molecule is CCCCS/C=C1\C[C@@H]2[C@H](C1=O)[C@H](C)CC2(C)C. The molecule has 0 spiro atoms. The second-order valence-corrected chi connectivity index (χ2v) is 7.72. The van der Waals surface area contributed by atoms with Gasteiger partial charge in [-0.15, -0.1) is 11.8 Å². The van der Waals surface area contributed by atoms with Gasteiger partial charge in [-0.2, -0.15) is 0 Å². The number of thioether (sulfide) groups is 1. The lowest BCUT2D eigenvalue weighted by molar-refractivity contribution is -0.119. The summed E-state index contributed by atoms with van der Waals surface area (Å²) in [4.78, 5) is 12.5. The summed E-state index contributed by atoms with van der Waals surface area (Å²) in [6.45, 7) is 9.16. The van der Waals surface area contributed by atoms with Crippen LogP contribution in [0, 0.1) is 23.2 Å². The van der Waals surface area contributed by atoms with E-state index in [2.05, 4.69) is 33.1 Å². The summed E-state index contributed by atoms with van der Waals surface area (Å²) in [5.41, 5.74) is 1.47. The fraction of sp³-hybridized carbons (Fsp3) is 0.812. The predicted octanol–water partition coefficient (Wildman–Crippen LogP) is 4.67. The summed E-state index contributed by atoms with van der Waals surface area (Å²) in [6.07, 6.45) is 4.72. The van der Waals surface area contributed by atoms with Crippen LogP contribution in [0.4, 0.5) is 0 Å². The van der Waals surface area contributed by atoms with Crippen molar-refractivity contribution in [2.75, 3.05) is 5.75 Å². The van der Waals surface area contributed by atoms with E-state index in [4.69, 9.17) is 0 Å². The molecule has 0 aliphatic heterocycles. The molecule has 2 fully saturated rings. The molecule has 0 N–H and O–H groups in total. The zero-order valence-corrected chi connectivity index (χ0v) is 13.0. The Morgan fingerprint density at radius 1 is 1.44 bits per heavy atom. The molecule has 1 nitrogen and oxygen atoms in total. The van der Waals surface area contributed by atoms with E-state index < -0.39 is 0 Å². The topological polar surface area (TPSA) is 17.1 Å². The first-order chi connectivity index (χ1) is 8.47. The molecule has 0 aromatic rings. The van der Waals surface area contributed by atoms with Crippen molar-refractivity contribution in [3.63, 3.8) is 0 Å². The molecule has 0 saturated heterocycles. The number of allylic oxidation sites excluding steroid dienone is 1. The molecule has 2 saturated carbocycles. The molecule has 2 aliphatic rings. The molecule has 3 atom stereocenters. The third kappa shape index (κ3) is 2.54. The van der Waals surface area contributed by atoms with E-state index in [9.17, 15) is 4.79 Å². The molecule has 0 aromatic heterocycles. The van der Waals surface area contributed by atoms with Gasteiger partial charge in [0.2, 0.25) is 0 Å². The highest BCUT2D eigenvalue weighted by molar-refractivity contribution is 8.02. The molecular weight excluding hydrogens is 240 g/mol. The first kappa shape index (κ1) is 14.2. The Balaban J connectivity index is 2.04. The van der Waals surface area contributed by atoms with Gasteiger partial charge in [0.1, 0.15) is 0 Å². The summed E-state index contributed by atoms with van der Waals surface area (Å²) < 4.78 is 0. The molecular formula is C16H26OS. The Hall–Kier alpha value is -0.240. The maximum atomic E-state index is 12.5. The number of fused-ring (bicyclic) bond motifs is 1. The summed E-state index contributed by atoms with van der Waals surface area (Å²) in [6, 6.07) is 0. The molecule has 2 aliphatic carbocycles. The van der Waals surface area contributed by atoms with Gasteiger partial charge in [-0.1, -0.05) is 34.1 Å². The highest BCUT2D eigenvalue weighted by atomic mass is 32.2. The van der Waals surface area contributed by atoms with Crippen LogP contribution in [0.3, 0.4) is 0 Å². The lowest BCUT2D eigenvalue weighted by atomic mass is 9.80. The fourth-order valence-electron chi connectivity index (χ4n) is 3.88. The Morgan fingerprint density at radius 3 is 2.78 bits per heavy atom. The molecule has 0 amide bonds. The smallest absolute Gasteiger partial charge is 0.163 e. The Morgan fingerprint density at radius 2 is 2.17 bits per heavy atom. The largest absolute Gasteiger partial charge is 0.294 e. The number of Topliss-reactive ketones (excluding diaryl/α,β-unsaturated/α-hetero) is 1. The third-order valence-corrected chi connectivity index (χ3v) is 5.77. The van der Waals surface area contributed by atoms with Gasteiger partial charge in [0.05, 0.1) is 0 Å². The number of carbonyl (C=O) groups is 1. The second kappa shape index (κ2) is 5.40. The van der Waals surface area contributed by atoms with Gasteiger partial charge in [0, 0.05) is 11.5 Å². The van der Waals surface area contributed by atoms with Gasteiger partial charge in [-0.25, -0.2) is 0 Å². The molecule has 18 heavy (non-hydrogen) atoms. The monoisotopic (exact) mass is 266 g/mol. The predicted molar refractivity (Wildman–Crippen MR) is 79.6 cm³/mol. The molecule has 0 radical (unpaired) electrons. The first-order valence-corrected chi connectivity index (χ1v) is 8.37. The van der Waals surface area contributed by atoms with Crippen LogP contribution in [0.25, 0.3) is 0 Å². The van der Waals surface area contributed by atoms with E-state index >= 15 is 0 Å². The molecule has 0 unspecified atom stereocenters. The van der Waals surface area contributed by atoms with Crippen LogP contribution >= 0.6 is 11.8 Å². The van der Waals surface area contributed by atoms with E-state index in [0.29, 0.717) is 29.0 Å². The Labute approximate surface area is 116 Å². The van der Waals surface area contributed by atoms with Crippen molar-refractivity contribution in [2.24, 2.45) is 23.2 Å². The van der Waals surface area contributed by atoms with Crippen molar-refractivity contribution in [3.05, 3.63) is 11.0 Å². The van der Waals surface area contributed by atoms with Crippen LogP contribution in [0.2, 0.25) is 0 Å².